The van der Waals surface area contributed by atoms with E-state index < -0.39 is 5.82 Å². The van der Waals surface area contributed by atoms with Crippen LogP contribution in [0.2, 0.25) is 0 Å². The van der Waals surface area contributed by atoms with Crippen molar-refractivity contribution < 1.29 is 14.0 Å². The molecule has 0 saturated heterocycles. The average Bonchev–Trinajstić information content (AvgIpc) is 2.45. The van der Waals surface area contributed by atoms with Crippen molar-refractivity contribution in [2.45, 2.75) is 32.1 Å². The monoisotopic (exact) mass is 331 g/mol. The fraction of sp³-hybridized carbons (Fsp3) is 0.467. The summed E-state index contributed by atoms with van der Waals surface area (Å²) in [4.78, 5) is 23.1. The number of rotatable bonds is 9. The quantitative estimate of drug-likeness (QED) is 0.606. The molecule has 0 aromatic heterocycles. The average molecular weight is 332 g/mol. The van der Waals surface area contributed by atoms with E-state index in [1.165, 1.54) is 18.2 Å². The van der Waals surface area contributed by atoms with Crippen LogP contribution in [0, 0.1) is 5.82 Å². The van der Waals surface area contributed by atoms with Gasteiger partial charge in [0.15, 0.2) is 0 Å². The Bertz CT molecular complexity index is 472. The van der Waals surface area contributed by atoms with Crippen LogP contribution in [0.5, 0.6) is 0 Å². The third-order valence-electron chi connectivity index (χ3n) is 2.91. The molecule has 0 bridgehead atoms. The molecule has 0 unspecified atom stereocenters. The lowest BCUT2D eigenvalue weighted by molar-refractivity contribution is -0.124. The van der Waals surface area contributed by atoms with Crippen LogP contribution < -0.4 is 16.4 Å². The predicted molar refractivity (Wildman–Crippen MR) is 87.4 cm³/mol. The topological polar surface area (TPSA) is 84.2 Å². The lowest BCUT2D eigenvalue weighted by atomic mass is 10.1. The van der Waals surface area contributed by atoms with Crippen LogP contribution in [-0.2, 0) is 9.59 Å². The van der Waals surface area contributed by atoms with E-state index in [4.69, 9.17) is 5.73 Å². The number of halogens is 2. The van der Waals surface area contributed by atoms with Gasteiger partial charge in [0.1, 0.15) is 5.82 Å². The third kappa shape index (κ3) is 9.31. The highest BCUT2D eigenvalue weighted by Gasteiger charge is 2.06. The first-order valence-electron chi connectivity index (χ1n) is 7.14. The molecule has 1 aromatic rings. The van der Waals surface area contributed by atoms with Gasteiger partial charge in [-0.05, 0) is 37.6 Å². The standard InChI is InChI=1S/C15H22FN3O2.ClH/c16-12-6-5-7-13(10-12)19-15(21)11-18-14(20)8-3-1-2-4-9-17;/h5-7,10H,1-4,8-9,11,17H2,(H,18,20)(H,19,21);1H. The van der Waals surface area contributed by atoms with Gasteiger partial charge in [-0.25, -0.2) is 4.39 Å². The first kappa shape index (κ1) is 20.3. The van der Waals surface area contributed by atoms with Crippen LogP contribution in [0.3, 0.4) is 0 Å². The third-order valence-corrected chi connectivity index (χ3v) is 2.91. The van der Waals surface area contributed by atoms with Gasteiger partial charge in [0.05, 0.1) is 6.54 Å². The van der Waals surface area contributed by atoms with E-state index in [0.717, 1.165) is 25.7 Å². The van der Waals surface area contributed by atoms with Crippen molar-refractivity contribution in [1.82, 2.24) is 5.32 Å². The van der Waals surface area contributed by atoms with E-state index in [1.807, 2.05) is 0 Å². The molecule has 4 N–H and O–H groups in total. The van der Waals surface area contributed by atoms with Crippen LogP contribution in [0.4, 0.5) is 10.1 Å². The summed E-state index contributed by atoms with van der Waals surface area (Å²) in [5.41, 5.74) is 5.75. The largest absolute Gasteiger partial charge is 0.347 e. The predicted octanol–water partition coefficient (Wildman–Crippen LogP) is 2.21. The number of nitrogens with two attached hydrogens (primary N) is 1. The number of unbranched alkanes of at least 4 members (excludes halogenated alkanes) is 3. The maximum absolute atomic E-state index is 12.9. The number of carbonyl (C=O) groups excluding carboxylic acids is 2. The zero-order valence-electron chi connectivity index (χ0n) is 12.4. The summed E-state index contributed by atoms with van der Waals surface area (Å²) in [6.45, 7) is 0.560. The molecule has 0 atom stereocenters. The Kier molecular flexibility index (Phi) is 11.0. The minimum Gasteiger partial charge on any atom is -0.347 e. The number of amides is 2. The molecule has 2 amide bonds. The van der Waals surface area contributed by atoms with Crippen LogP contribution in [0.25, 0.3) is 0 Å². The minimum absolute atomic E-state index is 0. The van der Waals surface area contributed by atoms with Crippen molar-refractivity contribution in [3.05, 3.63) is 30.1 Å². The van der Waals surface area contributed by atoms with Gasteiger partial charge in [-0.3, -0.25) is 9.59 Å². The Morgan fingerprint density at radius 3 is 2.50 bits per heavy atom. The van der Waals surface area contributed by atoms with Crippen molar-refractivity contribution in [3.8, 4) is 0 Å². The Morgan fingerprint density at radius 1 is 1.09 bits per heavy atom. The fourth-order valence-electron chi connectivity index (χ4n) is 1.82. The minimum atomic E-state index is -0.422. The Morgan fingerprint density at radius 2 is 1.82 bits per heavy atom. The van der Waals surface area contributed by atoms with E-state index in [9.17, 15) is 14.0 Å². The number of anilines is 1. The first-order chi connectivity index (χ1) is 10.1. The molecule has 0 aliphatic rings. The Labute approximate surface area is 136 Å². The summed E-state index contributed by atoms with van der Waals surface area (Å²) in [7, 11) is 0. The van der Waals surface area contributed by atoms with E-state index >= 15 is 0 Å². The highest BCUT2D eigenvalue weighted by molar-refractivity contribution is 5.94. The molecule has 0 aliphatic carbocycles. The Hall–Kier alpha value is -1.66. The maximum Gasteiger partial charge on any atom is 0.243 e. The van der Waals surface area contributed by atoms with Gasteiger partial charge < -0.3 is 16.4 Å². The number of benzene rings is 1. The molecule has 1 aromatic carbocycles. The first-order valence-corrected chi connectivity index (χ1v) is 7.14. The maximum atomic E-state index is 12.9. The molecule has 1 rings (SSSR count). The molecule has 0 heterocycles. The second-order valence-corrected chi connectivity index (χ2v) is 4.79. The summed E-state index contributed by atoms with van der Waals surface area (Å²) in [6, 6.07) is 5.60. The zero-order chi connectivity index (χ0) is 15.5. The molecule has 7 heteroatoms. The van der Waals surface area contributed by atoms with E-state index in [2.05, 4.69) is 10.6 Å². The number of hydrogen-bond acceptors (Lipinski definition) is 3. The van der Waals surface area contributed by atoms with Crippen molar-refractivity contribution in [1.29, 1.82) is 0 Å². The van der Waals surface area contributed by atoms with Crippen molar-refractivity contribution in [2.24, 2.45) is 5.73 Å². The van der Waals surface area contributed by atoms with Crippen molar-refractivity contribution in [2.75, 3.05) is 18.4 Å². The number of hydrogen-bond donors (Lipinski definition) is 3. The molecule has 0 saturated carbocycles. The molecule has 0 spiro atoms. The van der Waals surface area contributed by atoms with Gasteiger partial charge >= 0.3 is 0 Å². The lowest BCUT2D eigenvalue weighted by Gasteiger charge is -2.07. The second kappa shape index (κ2) is 11.9. The second-order valence-electron chi connectivity index (χ2n) is 4.79. The normalized spacial score (nSPS) is 9.73. The molecule has 0 radical (unpaired) electrons. The van der Waals surface area contributed by atoms with Crippen molar-refractivity contribution in [3.63, 3.8) is 0 Å². The number of carbonyl (C=O) groups is 2. The van der Waals surface area contributed by atoms with Gasteiger partial charge in [-0.15, -0.1) is 12.4 Å². The van der Waals surface area contributed by atoms with Gasteiger partial charge in [-0.1, -0.05) is 18.9 Å². The molecular formula is C15H23ClFN3O2. The van der Waals surface area contributed by atoms with Crippen molar-refractivity contribution >= 4 is 29.9 Å². The summed E-state index contributed by atoms with van der Waals surface area (Å²) in [5.74, 6) is -0.955. The van der Waals surface area contributed by atoms with E-state index in [-0.39, 0.29) is 30.8 Å². The molecule has 5 nitrogen and oxygen atoms in total. The molecule has 22 heavy (non-hydrogen) atoms. The van der Waals surface area contributed by atoms with Gasteiger partial charge in [0.2, 0.25) is 11.8 Å². The molecule has 0 fully saturated rings. The lowest BCUT2D eigenvalue weighted by Crippen LogP contribution is -2.32. The highest BCUT2D eigenvalue weighted by Crippen LogP contribution is 2.08. The fourth-order valence-corrected chi connectivity index (χ4v) is 1.82. The summed E-state index contributed by atoms with van der Waals surface area (Å²) in [6.07, 6.45) is 4.14. The smallest absolute Gasteiger partial charge is 0.243 e. The summed E-state index contributed by atoms with van der Waals surface area (Å²) >= 11 is 0. The van der Waals surface area contributed by atoms with E-state index in [1.54, 1.807) is 6.07 Å². The van der Waals surface area contributed by atoms with Gasteiger partial charge in [0, 0.05) is 12.1 Å². The summed E-state index contributed by atoms with van der Waals surface area (Å²) < 4.78 is 12.9. The van der Waals surface area contributed by atoms with Crippen LogP contribution >= 0.6 is 12.4 Å². The molecule has 124 valence electrons. The summed E-state index contributed by atoms with van der Waals surface area (Å²) in [5, 5.41) is 5.05. The van der Waals surface area contributed by atoms with Gasteiger partial charge in [-0.2, -0.15) is 0 Å². The SMILES string of the molecule is Cl.NCCCCCCC(=O)NCC(=O)Nc1cccc(F)c1. The van der Waals surface area contributed by atoms with E-state index in [0.29, 0.717) is 18.7 Å². The van der Waals surface area contributed by atoms with Gasteiger partial charge in [0.25, 0.3) is 0 Å². The highest BCUT2D eigenvalue weighted by atomic mass is 35.5. The molecule has 0 aliphatic heterocycles. The van der Waals surface area contributed by atoms with Crippen LogP contribution in [-0.4, -0.2) is 24.9 Å². The van der Waals surface area contributed by atoms with Crippen LogP contribution in [0.1, 0.15) is 32.1 Å². The zero-order valence-corrected chi connectivity index (χ0v) is 13.3. The molecular weight excluding hydrogens is 309 g/mol. The van der Waals surface area contributed by atoms with Crippen LogP contribution in [0.15, 0.2) is 24.3 Å². The Balaban J connectivity index is 0.00000441. The number of nitrogens with one attached hydrogen (secondary N) is 2.